The number of benzene rings is 4. The lowest BCUT2D eigenvalue weighted by molar-refractivity contribution is -0.964. The van der Waals surface area contributed by atoms with E-state index in [1.807, 2.05) is 24.3 Å². The molecule has 4 unspecified atom stereocenters. The Bertz CT molecular complexity index is 2670. The lowest BCUT2D eigenvalue weighted by Crippen LogP contribution is -2.70. The van der Waals surface area contributed by atoms with E-state index in [1.54, 1.807) is 35.4 Å². The van der Waals surface area contributed by atoms with Crippen LogP contribution in [0.2, 0.25) is 0 Å². The second kappa shape index (κ2) is 13.1. The van der Waals surface area contributed by atoms with E-state index < -0.39 is 0 Å². The van der Waals surface area contributed by atoms with Crippen LogP contribution in [0.4, 0.5) is 22.7 Å². The number of nitro benzene ring substituents is 2. The number of nitrogens with zero attached hydrogens (tertiary/aromatic N) is 6. The maximum absolute atomic E-state index is 11.7. The van der Waals surface area contributed by atoms with Crippen LogP contribution in [0.25, 0.3) is 0 Å². The van der Waals surface area contributed by atoms with Gasteiger partial charge >= 0.3 is 0 Å². The van der Waals surface area contributed by atoms with Crippen molar-refractivity contribution in [3.8, 4) is 0 Å². The minimum Gasteiger partial charge on any atom is -0.396 e. The molecule has 13 rings (SSSR count). The second-order valence-corrected chi connectivity index (χ2v) is 21.1. The van der Waals surface area contributed by atoms with Crippen LogP contribution in [0.3, 0.4) is 0 Å². The molecule has 9 aliphatic rings. The molecule has 11 nitrogen and oxygen atoms in total. The Balaban J connectivity index is 0.994. The zero-order valence-electron chi connectivity index (χ0n) is 36.0. The summed E-state index contributed by atoms with van der Waals surface area (Å²) in [4.78, 5) is 28.3. The molecule has 322 valence electrons. The summed E-state index contributed by atoms with van der Waals surface area (Å²) in [5, 5.41) is 34.1. The van der Waals surface area contributed by atoms with E-state index in [-0.39, 0.29) is 50.7 Å². The number of para-hydroxylation sites is 2. The number of aliphatic hydroxyl groups is 1. The van der Waals surface area contributed by atoms with E-state index in [0.29, 0.717) is 35.8 Å². The Morgan fingerprint density at radius 3 is 1.54 bits per heavy atom. The van der Waals surface area contributed by atoms with Crippen LogP contribution < -0.4 is 9.80 Å². The van der Waals surface area contributed by atoms with E-state index >= 15 is 0 Å². The van der Waals surface area contributed by atoms with Gasteiger partial charge in [0, 0.05) is 103 Å². The molecule has 63 heavy (non-hydrogen) atoms. The molecule has 1 N–H and O–H groups in total. The molecule has 2 saturated carbocycles. The number of hydrogen-bond donors (Lipinski definition) is 1. The van der Waals surface area contributed by atoms with Crippen molar-refractivity contribution in [1.82, 2.24) is 0 Å². The highest BCUT2D eigenvalue weighted by molar-refractivity contribution is 5.76. The standard InChI is InChI=1S/C52H56N6O5/c1-2-35-31-57(29-33-11-15-37(16-12-33)55(60)61)22-20-51-43-7-3-6-10-46(43)54-28-42-40-26-48-52(21-23-58(48,32-36(40)19-24-59)30-34-13-17-38(18-14-34)56(62)63)44-8-4-5-9-45(44)53(50(42)52)27-41(49(51)54)39(35)25-47(51)57/h3-18,27-28,35-36,39-40,47-50,59H,2,19-26,29-32H2,1H3/q+2/b41-27-,42-28?/t35-,36-,39+,40?,47+,48?,49+,50+,51-,52-,57?,58?/m1/s1. The Morgan fingerprint density at radius 2 is 1.10 bits per heavy atom. The van der Waals surface area contributed by atoms with E-state index in [2.05, 4.69) is 77.7 Å². The van der Waals surface area contributed by atoms with Gasteiger partial charge in [-0.25, -0.2) is 0 Å². The molecule has 7 heterocycles. The molecule has 7 aliphatic heterocycles. The maximum Gasteiger partial charge on any atom is 0.269 e. The van der Waals surface area contributed by atoms with Crippen molar-refractivity contribution in [1.29, 1.82) is 0 Å². The SMILES string of the molecule is CC[C@@H]1C[N+]2(Cc3ccc([N+](=O)[O-])cc3)CC[C@@]34c5ccccc5N5C=C6C7CC8[C@@]9(CC[N+]8(Cc8ccc([N+](=O)[O-])cc8)C[C@H]7CCO)c7ccccc7N(/C=C(/[C@H]1C[C@@H]32)[C@H]54)[C@@H]69. The Labute approximate surface area is 368 Å². The highest BCUT2D eigenvalue weighted by Gasteiger charge is 2.76. The molecule has 4 aromatic carbocycles. The first kappa shape index (κ1) is 38.1. The zero-order valence-corrected chi connectivity index (χ0v) is 36.0. The Kier molecular flexibility index (Phi) is 7.94. The van der Waals surface area contributed by atoms with Crippen molar-refractivity contribution in [2.75, 3.05) is 42.6 Å². The minimum atomic E-state index is -0.302. The number of non-ortho nitro benzene ring substituents is 2. The first-order valence-electron chi connectivity index (χ1n) is 23.6. The smallest absolute Gasteiger partial charge is 0.269 e. The molecule has 0 radical (unpaired) electrons. The van der Waals surface area contributed by atoms with Crippen molar-refractivity contribution in [2.45, 2.75) is 93.5 Å². The van der Waals surface area contributed by atoms with Crippen LogP contribution in [0, 0.1) is 43.9 Å². The van der Waals surface area contributed by atoms with Crippen LogP contribution in [0.5, 0.6) is 0 Å². The van der Waals surface area contributed by atoms with Crippen LogP contribution >= 0.6 is 0 Å². The molecular formula is C52H56N6O5+2. The van der Waals surface area contributed by atoms with E-state index in [0.717, 1.165) is 92.3 Å². The van der Waals surface area contributed by atoms with Gasteiger partial charge < -0.3 is 23.9 Å². The Morgan fingerprint density at radius 1 is 0.651 bits per heavy atom. The third-order valence-electron chi connectivity index (χ3n) is 19.0. The van der Waals surface area contributed by atoms with Gasteiger partial charge in [-0.3, -0.25) is 20.2 Å². The van der Waals surface area contributed by atoms with Crippen molar-refractivity contribution in [2.24, 2.45) is 23.7 Å². The molecule has 4 saturated heterocycles. The number of fused-ring (bicyclic) bond motifs is 8. The van der Waals surface area contributed by atoms with Crippen molar-refractivity contribution in [3.05, 3.63) is 163 Å². The normalized spacial score (nSPS) is 38.6. The van der Waals surface area contributed by atoms with Crippen molar-refractivity contribution < 1.29 is 23.9 Å². The minimum absolute atomic E-state index is 0.0718. The quantitative estimate of drug-likeness (QED) is 0.102. The molecule has 0 amide bonds. The van der Waals surface area contributed by atoms with Gasteiger partial charge in [-0.2, -0.15) is 0 Å². The van der Waals surface area contributed by atoms with Gasteiger partial charge in [-0.15, -0.1) is 0 Å². The molecule has 12 atom stereocenters. The average Bonchev–Trinajstić information content (AvgIpc) is 3.99. The average molecular weight is 845 g/mol. The molecule has 6 fully saturated rings. The summed E-state index contributed by atoms with van der Waals surface area (Å²) < 4.78 is 2.02. The summed E-state index contributed by atoms with van der Waals surface area (Å²) in [7, 11) is 0. The highest BCUT2D eigenvalue weighted by atomic mass is 16.6. The number of nitro groups is 2. The van der Waals surface area contributed by atoms with Gasteiger partial charge in [0.2, 0.25) is 0 Å². The molecule has 2 spiro atoms. The largest absolute Gasteiger partial charge is 0.396 e. The molecule has 4 aromatic rings. The molecule has 0 aromatic heterocycles. The monoisotopic (exact) mass is 844 g/mol. The second-order valence-electron chi connectivity index (χ2n) is 21.1. The van der Waals surface area contributed by atoms with Crippen LogP contribution in [0.1, 0.15) is 67.7 Å². The van der Waals surface area contributed by atoms with E-state index in [1.165, 1.54) is 28.1 Å². The fraction of sp³-hybridized carbons (Fsp3) is 0.462. The van der Waals surface area contributed by atoms with Gasteiger partial charge in [0.25, 0.3) is 11.4 Å². The van der Waals surface area contributed by atoms with Crippen molar-refractivity contribution >= 4 is 22.7 Å². The van der Waals surface area contributed by atoms with Gasteiger partial charge in [-0.05, 0) is 83.3 Å². The Hall–Kier alpha value is -5.36. The summed E-state index contributed by atoms with van der Waals surface area (Å²) in [6, 6.07) is 34.7. The lowest BCUT2D eigenvalue weighted by Gasteiger charge is -2.60. The first-order valence-corrected chi connectivity index (χ1v) is 23.6. The maximum atomic E-state index is 11.7. The lowest BCUT2D eigenvalue weighted by atomic mass is 9.54. The van der Waals surface area contributed by atoms with Gasteiger partial charge in [-0.1, -0.05) is 43.3 Å². The number of anilines is 2. The predicted octanol–water partition coefficient (Wildman–Crippen LogP) is 8.51. The number of hydrogen-bond acceptors (Lipinski definition) is 7. The van der Waals surface area contributed by atoms with Crippen LogP contribution in [-0.4, -0.2) is 80.9 Å². The van der Waals surface area contributed by atoms with Gasteiger partial charge in [0.05, 0.1) is 58.9 Å². The number of aliphatic hydroxyl groups excluding tert-OH is 1. The van der Waals surface area contributed by atoms with Gasteiger partial charge in [0.15, 0.2) is 0 Å². The molecule has 2 aliphatic carbocycles. The van der Waals surface area contributed by atoms with Gasteiger partial charge in [0.1, 0.15) is 25.2 Å². The summed E-state index contributed by atoms with van der Waals surface area (Å²) in [5.74, 6) is 1.59. The summed E-state index contributed by atoms with van der Waals surface area (Å²) in [6.07, 6.45) is 11.7. The molecule has 11 heteroatoms. The van der Waals surface area contributed by atoms with E-state index in [9.17, 15) is 25.3 Å². The van der Waals surface area contributed by atoms with Crippen molar-refractivity contribution in [3.63, 3.8) is 0 Å². The first-order chi connectivity index (χ1) is 30.6. The third kappa shape index (κ3) is 4.80. The molecule has 4 bridgehead atoms. The highest BCUT2D eigenvalue weighted by Crippen LogP contribution is 2.70. The van der Waals surface area contributed by atoms with E-state index in [4.69, 9.17) is 0 Å². The topological polar surface area (TPSA) is 113 Å². The fourth-order valence-corrected chi connectivity index (χ4v) is 17.0. The third-order valence-corrected chi connectivity index (χ3v) is 19.0. The van der Waals surface area contributed by atoms with Crippen LogP contribution in [0.15, 0.2) is 121 Å². The number of quaternary nitrogens is 2. The molecular weight excluding hydrogens is 789 g/mol. The zero-order chi connectivity index (χ0) is 42.6. The fourth-order valence-electron chi connectivity index (χ4n) is 17.0. The summed E-state index contributed by atoms with van der Waals surface area (Å²) >= 11 is 0. The predicted molar refractivity (Wildman–Crippen MR) is 241 cm³/mol. The number of rotatable bonds is 9. The summed E-state index contributed by atoms with van der Waals surface area (Å²) in [5.41, 5.74) is 11.3. The summed E-state index contributed by atoms with van der Waals surface area (Å²) in [6.45, 7) is 8.58. The number of piperidine rings is 2. The van der Waals surface area contributed by atoms with Crippen LogP contribution in [-0.2, 0) is 23.9 Å².